The lowest BCUT2D eigenvalue weighted by atomic mass is 10.1. The quantitative estimate of drug-likeness (QED) is 0.315. The van der Waals surface area contributed by atoms with Crippen LogP contribution in [0, 0.1) is 5.82 Å². The van der Waals surface area contributed by atoms with Crippen LogP contribution < -0.4 is 22.1 Å². The van der Waals surface area contributed by atoms with Gasteiger partial charge in [0.2, 0.25) is 5.91 Å². The molecular formula is C22H21F4N7O3. The Kier molecular flexibility index (Phi) is 7.68. The lowest BCUT2D eigenvalue weighted by Gasteiger charge is -2.15. The van der Waals surface area contributed by atoms with E-state index in [1.807, 2.05) is 0 Å². The number of carboxylic acid groups (broad SMARTS) is 1. The third-order valence-electron chi connectivity index (χ3n) is 4.93. The molecule has 2 aromatic heterocycles. The maximum atomic E-state index is 13.1. The Morgan fingerprint density at radius 2 is 1.83 bits per heavy atom. The van der Waals surface area contributed by atoms with Gasteiger partial charge in [-0.25, -0.2) is 14.2 Å². The summed E-state index contributed by atoms with van der Waals surface area (Å²) >= 11 is 0. The number of hydrogen-bond donors (Lipinski definition) is 5. The van der Waals surface area contributed by atoms with Gasteiger partial charge in [0, 0.05) is 0 Å². The molecule has 36 heavy (non-hydrogen) atoms. The first-order valence-electron chi connectivity index (χ1n) is 10.3. The lowest BCUT2D eigenvalue weighted by molar-refractivity contribution is -0.137. The topological polar surface area (TPSA) is 169 Å². The van der Waals surface area contributed by atoms with Gasteiger partial charge in [0.05, 0.1) is 53.3 Å². The number of hydrogen-bond acceptors (Lipinski definition) is 8. The van der Waals surface area contributed by atoms with E-state index in [0.717, 1.165) is 18.3 Å². The number of halogens is 4. The average molecular weight is 507 g/mol. The first-order chi connectivity index (χ1) is 16.9. The Morgan fingerprint density at radius 3 is 2.36 bits per heavy atom. The maximum Gasteiger partial charge on any atom is 0.418 e. The fourth-order valence-electron chi connectivity index (χ4n) is 2.81. The highest BCUT2D eigenvalue weighted by Gasteiger charge is 2.45. The second-order valence-electron chi connectivity index (χ2n) is 7.82. The minimum absolute atomic E-state index is 0.111. The van der Waals surface area contributed by atoms with E-state index in [1.165, 1.54) is 18.5 Å². The van der Waals surface area contributed by atoms with E-state index in [1.54, 1.807) is 6.07 Å². The van der Waals surface area contributed by atoms with Crippen molar-refractivity contribution in [2.45, 2.75) is 31.1 Å². The average Bonchev–Trinajstić information content (AvgIpc) is 3.58. The van der Waals surface area contributed by atoms with Crippen LogP contribution in [0.3, 0.4) is 0 Å². The van der Waals surface area contributed by atoms with E-state index >= 15 is 0 Å². The molecule has 0 bridgehead atoms. The lowest BCUT2D eigenvalue weighted by Crippen LogP contribution is -2.42. The van der Waals surface area contributed by atoms with Crippen LogP contribution in [0.1, 0.15) is 34.6 Å². The standard InChI is InChI=1S/C17H16F4N4O.C5H5N3O2/c18-10-1-4-14(13(7-10)17(19,20)21)25-12-3-2-11(23-9-12)8-24-15(26)16(22)5-6-16;6-4-2-7-1-3(8-4)5(9)10/h1-4,7,9,25H,5-6,8,22H2,(H,24,26);1-2H,(H2,6,8)(H,9,10). The largest absolute Gasteiger partial charge is 0.476 e. The summed E-state index contributed by atoms with van der Waals surface area (Å²) in [6.45, 7) is 0.169. The summed E-state index contributed by atoms with van der Waals surface area (Å²) in [5.41, 5.74) is 9.45. The van der Waals surface area contributed by atoms with Crippen LogP contribution in [-0.4, -0.2) is 37.5 Å². The molecule has 3 aromatic rings. The highest BCUT2D eigenvalue weighted by Crippen LogP contribution is 2.36. The molecule has 0 saturated heterocycles. The Morgan fingerprint density at radius 1 is 1.11 bits per heavy atom. The van der Waals surface area contributed by atoms with Crippen LogP contribution in [0.4, 0.5) is 34.8 Å². The highest BCUT2D eigenvalue weighted by molar-refractivity contribution is 5.88. The molecule has 0 aliphatic heterocycles. The summed E-state index contributed by atoms with van der Waals surface area (Å²) < 4.78 is 52.1. The highest BCUT2D eigenvalue weighted by atomic mass is 19.4. The minimum Gasteiger partial charge on any atom is -0.476 e. The molecule has 0 atom stereocenters. The number of nitrogens with one attached hydrogen (secondary N) is 2. The monoisotopic (exact) mass is 507 g/mol. The number of carboxylic acids is 1. The third kappa shape index (κ3) is 7.09. The zero-order valence-electron chi connectivity index (χ0n) is 18.5. The van der Waals surface area contributed by atoms with Gasteiger partial charge in [-0.1, -0.05) is 0 Å². The predicted octanol–water partition coefficient (Wildman–Crippen LogP) is 2.85. The number of aromatic nitrogens is 3. The van der Waals surface area contributed by atoms with Crippen molar-refractivity contribution in [1.29, 1.82) is 0 Å². The molecule has 4 rings (SSSR count). The molecule has 1 saturated carbocycles. The number of amides is 1. The van der Waals surface area contributed by atoms with E-state index < -0.39 is 29.1 Å². The molecule has 1 aromatic carbocycles. The molecule has 10 nitrogen and oxygen atoms in total. The normalized spacial score (nSPS) is 13.7. The molecule has 0 unspecified atom stereocenters. The molecule has 1 amide bonds. The van der Waals surface area contributed by atoms with Gasteiger partial charge in [-0.2, -0.15) is 13.2 Å². The number of pyridine rings is 1. The van der Waals surface area contributed by atoms with Gasteiger partial charge in [-0.15, -0.1) is 0 Å². The summed E-state index contributed by atoms with van der Waals surface area (Å²) in [4.78, 5) is 33.1. The Labute approximate surface area is 201 Å². The summed E-state index contributed by atoms with van der Waals surface area (Å²) in [5, 5.41) is 13.6. The Balaban J connectivity index is 0.000000303. The van der Waals surface area contributed by atoms with Crippen LogP contribution in [0.5, 0.6) is 0 Å². The van der Waals surface area contributed by atoms with E-state index in [0.29, 0.717) is 30.3 Å². The van der Waals surface area contributed by atoms with Crippen LogP contribution in [0.2, 0.25) is 0 Å². The van der Waals surface area contributed by atoms with Gasteiger partial charge in [-0.05, 0) is 43.2 Å². The van der Waals surface area contributed by atoms with Crippen molar-refractivity contribution < 1.29 is 32.3 Å². The molecule has 2 heterocycles. The van der Waals surface area contributed by atoms with Crippen molar-refractivity contribution in [3.8, 4) is 0 Å². The van der Waals surface area contributed by atoms with E-state index in [2.05, 4.69) is 25.6 Å². The van der Waals surface area contributed by atoms with E-state index in [-0.39, 0.29) is 29.7 Å². The number of alkyl halides is 3. The van der Waals surface area contributed by atoms with Crippen molar-refractivity contribution in [3.63, 3.8) is 0 Å². The zero-order chi connectivity index (χ0) is 26.5. The summed E-state index contributed by atoms with van der Waals surface area (Å²) in [5.74, 6) is -2.23. The van der Waals surface area contributed by atoms with E-state index in [4.69, 9.17) is 16.6 Å². The van der Waals surface area contributed by atoms with Crippen molar-refractivity contribution >= 4 is 29.1 Å². The van der Waals surface area contributed by atoms with Gasteiger partial charge >= 0.3 is 12.1 Å². The second kappa shape index (κ2) is 10.5. The van der Waals surface area contributed by atoms with Gasteiger partial charge in [0.1, 0.15) is 11.6 Å². The fourth-order valence-corrected chi connectivity index (χ4v) is 2.81. The molecule has 7 N–H and O–H groups in total. The maximum absolute atomic E-state index is 13.1. The van der Waals surface area contributed by atoms with Gasteiger partial charge in [0.25, 0.3) is 0 Å². The van der Waals surface area contributed by atoms with Gasteiger partial charge < -0.3 is 27.2 Å². The molecule has 1 aliphatic rings. The number of nitrogens with zero attached hydrogens (tertiary/aromatic N) is 3. The fraction of sp³-hybridized carbons (Fsp3) is 0.227. The van der Waals surface area contributed by atoms with E-state index in [9.17, 15) is 27.2 Å². The Bertz CT molecular complexity index is 1250. The first-order valence-corrected chi connectivity index (χ1v) is 10.3. The summed E-state index contributed by atoms with van der Waals surface area (Å²) in [6.07, 6.45) is 0.358. The third-order valence-corrected chi connectivity index (χ3v) is 4.93. The smallest absolute Gasteiger partial charge is 0.418 e. The number of anilines is 3. The number of benzene rings is 1. The summed E-state index contributed by atoms with van der Waals surface area (Å²) in [6, 6.07) is 5.47. The molecule has 0 spiro atoms. The number of carbonyl (C=O) groups excluding carboxylic acids is 1. The SMILES string of the molecule is NC1(C(=O)NCc2ccc(Nc3ccc(F)cc3C(F)(F)F)cn2)CC1.Nc1cncc(C(=O)O)n1. The predicted molar refractivity (Wildman–Crippen MR) is 120 cm³/mol. The van der Waals surface area contributed by atoms with Crippen molar-refractivity contribution in [2.24, 2.45) is 5.73 Å². The van der Waals surface area contributed by atoms with Gasteiger partial charge in [-0.3, -0.25) is 14.8 Å². The number of nitrogen functional groups attached to an aromatic ring is 1. The number of rotatable bonds is 6. The van der Waals surface area contributed by atoms with Crippen molar-refractivity contribution in [1.82, 2.24) is 20.3 Å². The van der Waals surface area contributed by atoms with Crippen LogP contribution in [0.15, 0.2) is 48.9 Å². The zero-order valence-corrected chi connectivity index (χ0v) is 18.5. The Hall–Kier alpha value is -4.33. The number of aromatic carboxylic acids is 1. The molecule has 0 radical (unpaired) electrons. The summed E-state index contributed by atoms with van der Waals surface area (Å²) in [7, 11) is 0. The van der Waals surface area contributed by atoms with Crippen LogP contribution in [-0.2, 0) is 17.5 Å². The molecule has 1 aliphatic carbocycles. The molecule has 190 valence electrons. The molecule has 14 heteroatoms. The first kappa shape index (κ1) is 26.3. The van der Waals surface area contributed by atoms with Gasteiger partial charge in [0.15, 0.2) is 5.69 Å². The number of nitrogens with two attached hydrogens (primary N) is 2. The molecular weight excluding hydrogens is 486 g/mol. The van der Waals surface area contributed by atoms with Crippen molar-refractivity contribution in [2.75, 3.05) is 11.1 Å². The molecule has 1 fully saturated rings. The second-order valence-corrected chi connectivity index (χ2v) is 7.82. The minimum atomic E-state index is -4.69. The van der Waals surface area contributed by atoms with Crippen LogP contribution in [0.25, 0.3) is 0 Å². The number of carbonyl (C=O) groups is 2. The van der Waals surface area contributed by atoms with Crippen molar-refractivity contribution in [3.05, 3.63) is 71.7 Å². The van der Waals surface area contributed by atoms with Crippen LogP contribution >= 0.6 is 0 Å².